The Morgan fingerprint density at radius 1 is 1.27 bits per heavy atom. The van der Waals surface area contributed by atoms with Crippen molar-refractivity contribution in [2.24, 2.45) is 11.7 Å². The molecule has 2 nitrogen and oxygen atoms in total. The van der Waals surface area contributed by atoms with E-state index in [1.54, 1.807) is 0 Å². The molecular weight excluding hydrogens is 184 g/mol. The molecule has 1 heterocycles. The van der Waals surface area contributed by atoms with Crippen LogP contribution in [-0.4, -0.2) is 11.0 Å². The van der Waals surface area contributed by atoms with Crippen molar-refractivity contribution in [3.8, 4) is 0 Å². The summed E-state index contributed by atoms with van der Waals surface area (Å²) in [5, 5.41) is 0. The second-order valence-electron chi connectivity index (χ2n) is 4.32. The molecule has 0 saturated carbocycles. The summed E-state index contributed by atoms with van der Waals surface area (Å²) in [5.74, 6) is 0.636. The monoisotopic (exact) mass is 206 g/mol. The van der Waals surface area contributed by atoms with Gasteiger partial charge in [0.25, 0.3) is 0 Å². The van der Waals surface area contributed by atoms with Gasteiger partial charge >= 0.3 is 0 Å². The number of aromatic nitrogens is 1. The average Bonchev–Trinajstić information content (AvgIpc) is 2.27. The van der Waals surface area contributed by atoms with Crippen LogP contribution in [0.25, 0.3) is 0 Å². The zero-order valence-corrected chi connectivity index (χ0v) is 9.82. The Morgan fingerprint density at radius 3 is 2.53 bits per heavy atom. The lowest BCUT2D eigenvalue weighted by Gasteiger charge is -2.19. The Hall–Kier alpha value is -0.890. The molecule has 0 aliphatic carbocycles. The second-order valence-corrected chi connectivity index (χ2v) is 4.32. The van der Waals surface area contributed by atoms with Gasteiger partial charge in [-0.2, -0.15) is 0 Å². The molecule has 0 bridgehead atoms. The van der Waals surface area contributed by atoms with Crippen LogP contribution in [-0.2, 0) is 6.42 Å². The molecule has 0 fully saturated rings. The molecular formula is C13H22N2. The third-order valence-electron chi connectivity index (χ3n) is 2.99. The molecule has 0 saturated heterocycles. The molecule has 1 aromatic heterocycles. The van der Waals surface area contributed by atoms with E-state index in [1.165, 1.54) is 18.4 Å². The molecule has 0 amide bonds. The van der Waals surface area contributed by atoms with Crippen molar-refractivity contribution in [2.45, 2.75) is 45.6 Å². The molecule has 0 aliphatic heterocycles. The fourth-order valence-corrected chi connectivity index (χ4v) is 1.84. The highest BCUT2D eigenvalue weighted by Gasteiger charge is 2.11. The molecule has 0 aromatic carbocycles. The van der Waals surface area contributed by atoms with Crippen molar-refractivity contribution in [1.29, 1.82) is 0 Å². The van der Waals surface area contributed by atoms with Gasteiger partial charge in [-0.25, -0.2) is 0 Å². The van der Waals surface area contributed by atoms with Gasteiger partial charge in [-0.3, -0.25) is 4.98 Å². The SMILES string of the molecule is CCCC(C)C(N)CCc1ccncc1. The van der Waals surface area contributed by atoms with Gasteiger partial charge in [0, 0.05) is 18.4 Å². The molecule has 2 unspecified atom stereocenters. The zero-order valence-electron chi connectivity index (χ0n) is 9.82. The van der Waals surface area contributed by atoms with Crippen LogP contribution < -0.4 is 5.73 Å². The van der Waals surface area contributed by atoms with Gasteiger partial charge in [0.05, 0.1) is 0 Å². The number of hydrogen-bond donors (Lipinski definition) is 1. The van der Waals surface area contributed by atoms with Gasteiger partial charge in [0.1, 0.15) is 0 Å². The van der Waals surface area contributed by atoms with E-state index in [4.69, 9.17) is 5.73 Å². The van der Waals surface area contributed by atoms with Gasteiger partial charge in [-0.15, -0.1) is 0 Å². The molecule has 2 atom stereocenters. The molecule has 0 radical (unpaired) electrons. The van der Waals surface area contributed by atoms with Crippen LogP contribution in [0.2, 0.25) is 0 Å². The lowest BCUT2D eigenvalue weighted by molar-refractivity contribution is 0.402. The molecule has 2 N–H and O–H groups in total. The minimum Gasteiger partial charge on any atom is -0.327 e. The lowest BCUT2D eigenvalue weighted by Crippen LogP contribution is -2.28. The Bertz CT molecular complexity index is 258. The minimum absolute atomic E-state index is 0.332. The number of nitrogens with zero attached hydrogens (tertiary/aromatic N) is 1. The van der Waals surface area contributed by atoms with Crippen molar-refractivity contribution < 1.29 is 0 Å². The van der Waals surface area contributed by atoms with Crippen LogP contribution in [0, 0.1) is 5.92 Å². The van der Waals surface area contributed by atoms with E-state index in [-0.39, 0.29) is 0 Å². The predicted octanol–water partition coefficient (Wildman–Crippen LogP) is 2.78. The topological polar surface area (TPSA) is 38.9 Å². The lowest BCUT2D eigenvalue weighted by atomic mass is 9.93. The van der Waals surface area contributed by atoms with Crippen molar-refractivity contribution in [3.05, 3.63) is 30.1 Å². The van der Waals surface area contributed by atoms with Gasteiger partial charge in [0.15, 0.2) is 0 Å². The van der Waals surface area contributed by atoms with Crippen LogP contribution in [0.1, 0.15) is 38.7 Å². The first-order valence-corrected chi connectivity index (χ1v) is 5.88. The molecule has 1 aromatic rings. The summed E-state index contributed by atoms with van der Waals surface area (Å²) in [6.45, 7) is 4.47. The molecule has 1 rings (SSSR count). The van der Waals surface area contributed by atoms with Crippen molar-refractivity contribution in [2.75, 3.05) is 0 Å². The average molecular weight is 206 g/mol. The highest BCUT2D eigenvalue weighted by Crippen LogP contribution is 2.13. The van der Waals surface area contributed by atoms with Crippen molar-refractivity contribution >= 4 is 0 Å². The Balaban J connectivity index is 2.31. The first-order valence-electron chi connectivity index (χ1n) is 5.88. The van der Waals surface area contributed by atoms with E-state index >= 15 is 0 Å². The smallest absolute Gasteiger partial charge is 0.0270 e. The normalized spacial score (nSPS) is 14.9. The predicted molar refractivity (Wildman–Crippen MR) is 64.6 cm³/mol. The maximum Gasteiger partial charge on any atom is 0.0270 e. The van der Waals surface area contributed by atoms with Gasteiger partial charge < -0.3 is 5.73 Å². The summed E-state index contributed by atoms with van der Waals surface area (Å²) in [6, 6.07) is 4.46. The van der Waals surface area contributed by atoms with E-state index in [2.05, 4.69) is 31.0 Å². The molecule has 15 heavy (non-hydrogen) atoms. The molecule has 2 heteroatoms. The van der Waals surface area contributed by atoms with E-state index < -0.39 is 0 Å². The number of aryl methyl sites for hydroxylation is 1. The van der Waals surface area contributed by atoms with Gasteiger partial charge in [-0.05, 0) is 42.9 Å². The highest BCUT2D eigenvalue weighted by molar-refractivity contribution is 5.09. The number of rotatable bonds is 6. The summed E-state index contributed by atoms with van der Waals surface area (Å²) in [4.78, 5) is 4.01. The minimum atomic E-state index is 0.332. The number of hydrogen-bond acceptors (Lipinski definition) is 2. The van der Waals surface area contributed by atoms with Gasteiger partial charge in [-0.1, -0.05) is 20.3 Å². The largest absolute Gasteiger partial charge is 0.327 e. The van der Waals surface area contributed by atoms with Crippen LogP contribution in [0.4, 0.5) is 0 Å². The van der Waals surface area contributed by atoms with Crippen molar-refractivity contribution in [1.82, 2.24) is 4.98 Å². The first-order chi connectivity index (χ1) is 7.24. The fraction of sp³-hybridized carbons (Fsp3) is 0.615. The van der Waals surface area contributed by atoms with E-state index in [0.29, 0.717) is 12.0 Å². The van der Waals surface area contributed by atoms with Crippen LogP contribution in [0.3, 0.4) is 0 Å². The van der Waals surface area contributed by atoms with Crippen molar-refractivity contribution in [3.63, 3.8) is 0 Å². The second kappa shape index (κ2) is 6.57. The van der Waals surface area contributed by atoms with E-state index in [1.807, 2.05) is 12.4 Å². The third-order valence-corrected chi connectivity index (χ3v) is 2.99. The zero-order chi connectivity index (χ0) is 11.1. The summed E-state index contributed by atoms with van der Waals surface area (Å²) in [5.41, 5.74) is 7.47. The number of pyridine rings is 1. The Morgan fingerprint density at radius 2 is 1.93 bits per heavy atom. The molecule has 0 spiro atoms. The summed E-state index contributed by atoms with van der Waals surface area (Å²) >= 11 is 0. The van der Waals surface area contributed by atoms with Crippen LogP contribution in [0.5, 0.6) is 0 Å². The maximum atomic E-state index is 6.14. The Labute approximate surface area is 92.9 Å². The van der Waals surface area contributed by atoms with E-state index in [0.717, 1.165) is 12.8 Å². The summed E-state index contributed by atoms with van der Waals surface area (Å²) in [7, 11) is 0. The quantitative estimate of drug-likeness (QED) is 0.777. The first kappa shape index (κ1) is 12.2. The van der Waals surface area contributed by atoms with Gasteiger partial charge in [0.2, 0.25) is 0 Å². The standard InChI is InChI=1S/C13H22N2/c1-3-4-11(2)13(14)6-5-12-7-9-15-10-8-12/h7-11,13H,3-6,14H2,1-2H3. The molecule has 84 valence electrons. The highest BCUT2D eigenvalue weighted by atomic mass is 14.6. The van der Waals surface area contributed by atoms with E-state index in [9.17, 15) is 0 Å². The molecule has 0 aliphatic rings. The maximum absolute atomic E-state index is 6.14. The Kier molecular flexibility index (Phi) is 5.33. The summed E-state index contributed by atoms with van der Waals surface area (Å²) in [6.07, 6.45) is 8.29. The summed E-state index contributed by atoms with van der Waals surface area (Å²) < 4.78 is 0. The fourth-order valence-electron chi connectivity index (χ4n) is 1.84. The van der Waals surface area contributed by atoms with Crippen LogP contribution in [0.15, 0.2) is 24.5 Å². The third kappa shape index (κ3) is 4.43. The van der Waals surface area contributed by atoms with Crippen LogP contribution >= 0.6 is 0 Å². The number of nitrogens with two attached hydrogens (primary N) is 1.